The molecular formula is C12H26N2S. The van der Waals surface area contributed by atoms with Gasteiger partial charge in [-0.15, -0.1) is 0 Å². The van der Waals surface area contributed by atoms with Crippen LogP contribution in [0.15, 0.2) is 0 Å². The van der Waals surface area contributed by atoms with Crippen molar-refractivity contribution in [3.8, 4) is 0 Å². The molecule has 0 radical (unpaired) electrons. The SMILES string of the molecule is CCC(C)SCC(CC1CCCC1)NN. The van der Waals surface area contributed by atoms with Crippen molar-refractivity contribution in [1.82, 2.24) is 5.43 Å². The Kier molecular flexibility index (Phi) is 6.69. The van der Waals surface area contributed by atoms with Gasteiger partial charge in [0.25, 0.3) is 0 Å². The third-order valence-electron chi connectivity index (χ3n) is 3.49. The van der Waals surface area contributed by atoms with E-state index in [4.69, 9.17) is 5.84 Å². The molecule has 0 amide bonds. The first-order valence-corrected chi connectivity index (χ1v) is 7.38. The molecule has 0 saturated heterocycles. The Bertz CT molecular complexity index is 158. The molecule has 0 heterocycles. The Morgan fingerprint density at radius 2 is 2.07 bits per heavy atom. The molecule has 0 spiro atoms. The molecule has 90 valence electrons. The Balaban J connectivity index is 2.16. The maximum atomic E-state index is 5.62. The van der Waals surface area contributed by atoms with Crippen LogP contribution in [0.5, 0.6) is 0 Å². The Labute approximate surface area is 98.7 Å². The molecule has 1 aliphatic rings. The maximum absolute atomic E-state index is 5.62. The molecule has 2 unspecified atom stereocenters. The highest BCUT2D eigenvalue weighted by atomic mass is 32.2. The number of hydrogen-bond acceptors (Lipinski definition) is 3. The predicted molar refractivity (Wildman–Crippen MR) is 69.9 cm³/mol. The summed E-state index contributed by atoms with van der Waals surface area (Å²) in [5.41, 5.74) is 2.99. The fraction of sp³-hybridized carbons (Fsp3) is 1.00. The van der Waals surface area contributed by atoms with Gasteiger partial charge in [-0.05, 0) is 18.8 Å². The van der Waals surface area contributed by atoms with Crippen molar-refractivity contribution in [1.29, 1.82) is 0 Å². The lowest BCUT2D eigenvalue weighted by Crippen LogP contribution is -2.38. The first-order chi connectivity index (χ1) is 7.26. The van der Waals surface area contributed by atoms with Crippen molar-refractivity contribution in [2.75, 3.05) is 5.75 Å². The molecule has 0 bridgehead atoms. The summed E-state index contributed by atoms with van der Waals surface area (Å²) in [5, 5.41) is 0.768. The van der Waals surface area contributed by atoms with E-state index in [1.54, 1.807) is 0 Å². The van der Waals surface area contributed by atoms with Crippen LogP contribution in [0.4, 0.5) is 0 Å². The summed E-state index contributed by atoms with van der Waals surface area (Å²) in [4.78, 5) is 0. The van der Waals surface area contributed by atoms with E-state index in [1.165, 1.54) is 44.3 Å². The smallest absolute Gasteiger partial charge is 0.0303 e. The third kappa shape index (κ3) is 5.23. The maximum Gasteiger partial charge on any atom is 0.0303 e. The molecule has 1 rings (SSSR count). The molecule has 0 aromatic rings. The molecule has 1 saturated carbocycles. The minimum atomic E-state index is 0.520. The highest BCUT2D eigenvalue weighted by Gasteiger charge is 2.19. The fourth-order valence-electron chi connectivity index (χ4n) is 2.23. The fourth-order valence-corrected chi connectivity index (χ4v) is 3.26. The van der Waals surface area contributed by atoms with Crippen molar-refractivity contribution in [3.05, 3.63) is 0 Å². The molecule has 2 nitrogen and oxygen atoms in total. The second kappa shape index (κ2) is 7.53. The molecular weight excluding hydrogens is 204 g/mol. The van der Waals surface area contributed by atoms with Gasteiger partial charge in [0, 0.05) is 17.0 Å². The first kappa shape index (κ1) is 13.3. The van der Waals surface area contributed by atoms with Gasteiger partial charge in [0.1, 0.15) is 0 Å². The summed E-state index contributed by atoms with van der Waals surface area (Å²) in [6.45, 7) is 4.55. The molecule has 3 heteroatoms. The largest absolute Gasteiger partial charge is 0.271 e. The number of nitrogens with one attached hydrogen (secondary N) is 1. The van der Waals surface area contributed by atoms with Gasteiger partial charge in [0.15, 0.2) is 0 Å². The van der Waals surface area contributed by atoms with Crippen molar-refractivity contribution in [3.63, 3.8) is 0 Å². The van der Waals surface area contributed by atoms with E-state index in [-0.39, 0.29) is 0 Å². The summed E-state index contributed by atoms with van der Waals surface area (Å²) in [7, 11) is 0. The standard InChI is InChI=1S/C12H26N2S/c1-3-10(2)15-9-12(14-13)8-11-6-4-5-7-11/h10-12,14H,3-9,13H2,1-2H3. The Hall–Kier alpha value is 0.270. The number of rotatable bonds is 7. The second-order valence-electron chi connectivity index (χ2n) is 4.80. The lowest BCUT2D eigenvalue weighted by Gasteiger charge is -2.20. The van der Waals surface area contributed by atoms with Crippen LogP contribution in [0.1, 0.15) is 52.4 Å². The van der Waals surface area contributed by atoms with Crippen LogP contribution in [0.25, 0.3) is 0 Å². The van der Waals surface area contributed by atoms with Gasteiger partial charge in [-0.3, -0.25) is 11.3 Å². The topological polar surface area (TPSA) is 38.0 Å². The molecule has 1 aliphatic carbocycles. The average Bonchev–Trinajstić information content (AvgIpc) is 2.76. The van der Waals surface area contributed by atoms with Crippen LogP contribution in [-0.4, -0.2) is 17.0 Å². The van der Waals surface area contributed by atoms with Gasteiger partial charge >= 0.3 is 0 Å². The minimum Gasteiger partial charge on any atom is -0.271 e. The Morgan fingerprint density at radius 3 is 2.60 bits per heavy atom. The van der Waals surface area contributed by atoms with Gasteiger partial charge in [0.05, 0.1) is 0 Å². The van der Waals surface area contributed by atoms with E-state index >= 15 is 0 Å². The van der Waals surface area contributed by atoms with Gasteiger partial charge in [-0.1, -0.05) is 39.5 Å². The van der Waals surface area contributed by atoms with E-state index in [9.17, 15) is 0 Å². The predicted octanol–water partition coefficient (Wildman–Crippen LogP) is 2.93. The highest BCUT2D eigenvalue weighted by Crippen LogP contribution is 2.29. The van der Waals surface area contributed by atoms with Crippen molar-refractivity contribution >= 4 is 11.8 Å². The minimum absolute atomic E-state index is 0.520. The van der Waals surface area contributed by atoms with Crippen LogP contribution >= 0.6 is 11.8 Å². The van der Waals surface area contributed by atoms with Crippen LogP contribution < -0.4 is 11.3 Å². The van der Waals surface area contributed by atoms with E-state index < -0.39 is 0 Å². The van der Waals surface area contributed by atoms with Crippen molar-refractivity contribution in [2.45, 2.75) is 63.7 Å². The van der Waals surface area contributed by atoms with Crippen molar-refractivity contribution < 1.29 is 0 Å². The lowest BCUT2D eigenvalue weighted by molar-refractivity contribution is 0.414. The van der Waals surface area contributed by atoms with Gasteiger partial charge in [0.2, 0.25) is 0 Å². The Morgan fingerprint density at radius 1 is 1.40 bits per heavy atom. The van der Waals surface area contributed by atoms with Crippen LogP contribution in [-0.2, 0) is 0 Å². The molecule has 0 aromatic carbocycles. The zero-order chi connectivity index (χ0) is 11.1. The summed E-state index contributed by atoms with van der Waals surface area (Å²) in [6.07, 6.45) is 8.24. The number of thioether (sulfide) groups is 1. The van der Waals surface area contributed by atoms with E-state index in [0.29, 0.717) is 6.04 Å². The molecule has 0 aromatic heterocycles. The van der Waals surface area contributed by atoms with Crippen LogP contribution in [0.2, 0.25) is 0 Å². The van der Waals surface area contributed by atoms with Crippen LogP contribution in [0, 0.1) is 5.92 Å². The molecule has 2 atom stereocenters. The summed E-state index contributed by atoms with van der Waals surface area (Å²) in [5.74, 6) is 7.72. The van der Waals surface area contributed by atoms with Gasteiger partial charge < -0.3 is 0 Å². The first-order valence-electron chi connectivity index (χ1n) is 6.34. The van der Waals surface area contributed by atoms with E-state index in [2.05, 4.69) is 19.3 Å². The monoisotopic (exact) mass is 230 g/mol. The zero-order valence-electron chi connectivity index (χ0n) is 10.2. The molecule has 1 fully saturated rings. The summed E-state index contributed by atoms with van der Waals surface area (Å²) in [6, 6.07) is 0.520. The second-order valence-corrected chi connectivity index (χ2v) is 6.27. The molecule has 15 heavy (non-hydrogen) atoms. The average molecular weight is 230 g/mol. The van der Waals surface area contributed by atoms with Gasteiger partial charge in [-0.2, -0.15) is 11.8 Å². The molecule has 0 aliphatic heterocycles. The normalized spacial score (nSPS) is 21.8. The lowest BCUT2D eigenvalue weighted by atomic mass is 10.00. The summed E-state index contributed by atoms with van der Waals surface area (Å²) < 4.78 is 0. The highest BCUT2D eigenvalue weighted by molar-refractivity contribution is 7.99. The molecule has 3 N–H and O–H groups in total. The van der Waals surface area contributed by atoms with Crippen LogP contribution in [0.3, 0.4) is 0 Å². The zero-order valence-corrected chi connectivity index (χ0v) is 11.0. The van der Waals surface area contributed by atoms with E-state index in [1.807, 2.05) is 11.8 Å². The third-order valence-corrected chi connectivity index (χ3v) is 4.98. The number of hydrazine groups is 1. The summed E-state index contributed by atoms with van der Waals surface area (Å²) >= 11 is 2.05. The number of hydrogen-bond donors (Lipinski definition) is 2. The quantitative estimate of drug-likeness (QED) is 0.522. The van der Waals surface area contributed by atoms with Gasteiger partial charge in [-0.25, -0.2) is 0 Å². The van der Waals surface area contributed by atoms with E-state index in [0.717, 1.165) is 11.2 Å². The number of nitrogens with two attached hydrogens (primary N) is 1. The van der Waals surface area contributed by atoms with Crippen molar-refractivity contribution in [2.24, 2.45) is 11.8 Å².